The van der Waals surface area contributed by atoms with Crippen molar-refractivity contribution in [3.8, 4) is 55.9 Å². The molecule has 0 unspecified atom stereocenters. The molecule has 0 aliphatic rings. The van der Waals surface area contributed by atoms with Crippen molar-refractivity contribution in [2.75, 3.05) is 23.9 Å². The maximum absolute atomic E-state index is 2.45. The SMILES string of the molecule is CN(c1ccccc1)c1ccc(-c2ccc(-c3ccc4c5ccccc5n(-c5ccc6cc(-c7cc8c9ccccc9n(-c9ccc%10ccccc%10c9)c8cc7-c7ccc(N(C)c8ccccc8)cc7)ccc6c5)c4c3)cc2)cc1. The third-order valence-corrected chi connectivity index (χ3v) is 16.5. The van der Waals surface area contributed by atoms with Crippen molar-refractivity contribution in [2.24, 2.45) is 0 Å². The van der Waals surface area contributed by atoms with E-state index < -0.39 is 0 Å². The zero-order valence-corrected chi connectivity index (χ0v) is 44.5. The molecule has 2 heterocycles. The Kier molecular flexibility index (Phi) is 11.3. The van der Waals surface area contributed by atoms with Crippen LogP contribution in [0, 0.1) is 0 Å². The summed E-state index contributed by atoms with van der Waals surface area (Å²) < 4.78 is 4.89. The fourth-order valence-electron chi connectivity index (χ4n) is 12.3. The first kappa shape index (κ1) is 46.8. The molecule has 0 aliphatic carbocycles. The largest absolute Gasteiger partial charge is 0.345 e. The highest BCUT2D eigenvalue weighted by Crippen LogP contribution is 2.43. The first-order chi connectivity index (χ1) is 39.5. The van der Waals surface area contributed by atoms with Crippen molar-refractivity contribution in [3.63, 3.8) is 0 Å². The van der Waals surface area contributed by atoms with Gasteiger partial charge in [-0.3, -0.25) is 0 Å². The zero-order chi connectivity index (χ0) is 53.3. The number of anilines is 4. The van der Waals surface area contributed by atoms with Crippen LogP contribution >= 0.6 is 0 Å². The molecule has 15 rings (SSSR count). The molecule has 0 bridgehead atoms. The lowest BCUT2D eigenvalue weighted by Gasteiger charge is -2.20. The second kappa shape index (κ2) is 19.2. The molecule has 2 aromatic heterocycles. The first-order valence-corrected chi connectivity index (χ1v) is 27.5. The number of hydrogen-bond acceptors (Lipinski definition) is 2. The summed E-state index contributed by atoms with van der Waals surface area (Å²) in [7, 11) is 4.25. The Labute approximate surface area is 465 Å². The highest BCUT2D eigenvalue weighted by atomic mass is 15.1. The fourth-order valence-corrected chi connectivity index (χ4v) is 12.3. The standard InChI is InChI=1S/C76H54N4/c1-77(61-17-5-3-6-18-61)63-38-31-53(32-39-63)52-25-27-54(28-26-52)59-37-44-69-67-21-11-13-23-73(67)79(75(69)48-59)66-43-36-57-45-60(30-29-58(57)47-66)70-49-72-68-22-12-14-24-74(68)80(65-42-33-51-15-9-10-16-56(51)46-65)76(72)50-71(70)55-34-40-64(41-35-55)78(2)62-19-7-4-8-20-62/h3-50H,1-2H3. The molecule has 378 valence electrons. The Morgan fingerprint density at radius 2 is 0.613 bits per heavy atom. The van der Waals surface area contributed by atoms with Crippen LogP contribution in [0.5, 0.6) is 0 Å². The molecule has 0 fully saturated rings. The Hall–Kier alpha value is -10.4. The molecule has 13 aromatic carbocycles. The second-order valence-electron chi connectivity index (χ2n) is 21.1. The first-order valence-electron chi connectivity index (χ1n) is 27.5. The van der Waals surface area contributed by atoms with Gasteiger partial charge < -0.3 is 18.9 Å². The highest BCUT2D eigenvalue weighted by molar-refractivity contribution is 6.14. The van der Waals surface area contributed by atoms with Gasteiger partial charge >= 0.3 is 0 Å². The van der Waals surface area contributed by atoms with E-state index in [-0.39, 0.29) is 0 Å². The predicted octanol–water partition coefficient (Wildman–Crippen LogP) is 20.4. The molecule has 0 aliphatic heterocycles. The van der Waals surface area contributed by atoms with E-state index in [1.807, 2.05) is 0 Å². The molecule has 15 aromatic rings. The molecule has 80 heavy (non-hydrogen) atoms. The number of aromatic nitrogens is 2. The van der Waals surface area contributed by atoms with Gasteiger partial charge in [-0.1, -0.05) is 182 Å². The number of hydrogen-bond donors (Lipinski definition) is 0. The van der Waals surface area contributed by atoms with E-state index in [0.717, 1.165) is 34.0 Å². The quantitative estimate of drug-likeness (QED) is 0.136. The van der Waals surface area contributed by atoms with E-state index in [9.17, 15) is 0 Å². The van der Waals surface area contributed by atoms with Crippen LogP contribution in [0.15, 0.2) is 291 Å². The molecule has 0 saturated heterocycles. The van der Waals surface area contributed by atoms with Gasteiger partial charge in [0.1, 0.15) is 0 Å². The maximum atomic E-state index is 2.45. The van der Waals surface area contributed by atoms with Crippen molar-refractivity contribution in [1.82, 2.24) is 9.13 Å². The minimum Gasteiger partial charge on any atom is -0.345 e. The Morgan fingerprint density at radius 1 is 0.225 bits per heavy atom. The topological polar surface area (TPSA) is 16.3 Å². The second-order valence-corrected chi connectivity index (χ2v) is 21.1. The minimum absolute atomic E-state index is 1.13. The van der Waals surface area contributed by atoms with Gasteiger partial charge in [-0.25, -0.2) is 0 Å². The van der Waals surface area contributed by atoms with E-state index in [0.29, 0.717) is 0 Å². The van der Waals surface area contributed by atoms with Gasteiger partial charge in [0, 0.05) is 69.8 Å². The van der Waals surface area contributed by atoms with Crippen molar-refractivity contribution < 1.29 is 0 Å². The lowest BCUT2D eigenvalue weighted by Crippen LogP contribution is -2.08. The van der Waals surface area contributed by atoms with Crippen LogP contribution in [-0.4, -0.2) is 23.2 Å². The molecule has 0 amide bonds. The molecule has 0 saturated carbocycles. The molecular weight excluding hydrogens is 969 g/mol. The zero-order valence-electron chi connectivity index (χ0n) is 44.5. The molecule has 0 radical (unpaired) electrons. The Balaban J connectivity index is 0.814. The number of rotatable bonds is 10. The van der Waals surface area contributed by atoms with Crippen molar-refractivity contribution >= 4 is 87.9 Å². The monoisotopic (exact) mass is 1020 g/mol. The van der Waals surface area contributed by atoms with Gasteiger partial charge in [-0.05, 0) is 175 Å². The Bertz CT molecular complexity index is 4820. The number of fused-ring (bicyclic) bond motifs is 8. The average Bonchev–Trinajstić information content (AvgIpc) is 4.26. The summed E-state index contributed by atoms with van der Waals surface area (Å²) in [6, 6.07) is 107. The lowest BCUT2D eigenvalue weighted by molar-refractivity contribution is 1.19. The summed E-state index contributed by atoms with van der Waals surface area (Å²) >= 11 is 0. The summed E-state index contributed by atoms with van der Waals surface area (Å²) in [5.41, 5.74) is 21.1. The third kappa shape index (κ3) is 8.08. The molecular formula is C76H54N4. The summed E-state index contributed by atoms with van der Waals surface area (Å²) in [6.45, 7) is 0. The molecule has 0 atom stereocenters. The van der Waals surface area contributed by atoms with Crippen LogP contribution in [0.3, 0.4) is 0 Å². The molecule has 0 spiro atoms. The lowest BCUT2D eigenvalue weighted by atomic mass is 9.91. The van der Waals surface area contributed by atoms with Gasteiger partial charge in [0.2, 0.25) is 0 Å². The summed E-state index contributed by atoms with van der Waals surface area (Å²) in [5, 5.41) is 9.77. The number of para-hydroxylation sites is 4. The van der Waals surface area contributed by atoms with Gasteiger partial charge in [0.15, 0.2) is 0 Å². The van der Waals surface area contributed by atoms with Crippen molar-refractivity contribution in [3.05, 3.63) is 291 Å². The van der Waals surface area contributed by atoms with Gasteiger partial charge in [0.05, 0.1) is 22.1 Å². The van der Waals surface area contributed by atoms with Crippen molar-refractivity contribution in [2.45, 2.75) is 0 Å². The van der Waals surface area contributed by atoms with E-state index in [1.165, 1.54) is 110 Å². The van der Waals surface area contributed by atoms with Crippen molar-refractivity contribution in [1.29, 1.82) is 0 Å². The van der Waals surface area contributed by atoms with Gasteiger partial charge in [0.25, 0.3) is 0 Å². The minimum atomic E-state index is 1.13. The van der Waals surface area contributed by atoms with Gasteiger partial charge in [-0.2, -0.15) is 0 Å². The fraction of sp³-hybridized carbons (Fsp3) is 0.0263. The summed E-state index contributed by atoms with van der Waals surface area (Å²) in [5.74, 6) is 0. The predicted molar refractivity (Wildman–Crippen MR) is 341 cm³/mol. The Morgan fingerprint density at radius 3 is 1.23 bits per heavy atom. The van der Waals surface area contributed by atoms with Crippen LogP contribution in [0.4, 0.5) is 22.7 Å². The maximum Gasteiger partial charge on any atom is 0.0547 e. The van der Waals surface area contributed by atoms with Crippen LogP contribution < -0.4 is 9.80 Å². The summed E-state index contributed by atoms with van der Waals surface area (Å²) in [4.78, 5) is 4.46. The average molecular weight is 1020 g/mol. The smallest absolute Gasteiger partial charge is 0.0547 e. The number of benzene rings is 13. The van der Waals surface area contributed by atoms with Gasteiger partial charge in [-0.15, -0.1) is 0 Å². The van der Waals surface area contributed by atoms with E-state index in [1.54, 1.807) is 0 Å². The van der Waals surface area contributed by atoms with Crippen LogP contribution in [0.2, 0.25) is 0 Å². The third-order valence-electron chi connectivity index (χ3n) is 16.5. The normalized spacial score (nSPS) is 11.6. The summed E-state index contributed by atoms with van der Waals surface area (Å²) in [6.07, 6.45) is 0. The molecule has 4 heteroatoms. The number of nitrogens with zero attached hydrogens (tertiary/aromatic N) is 4. The molecule has 4 nitrogen and oxygen atoms in total. The van der Waals surface area contributed by atoms with Crippen LogP contribution in [0.25, 0.3) is 121 Å². The van der Waals surface area contributed by atoms with E-state index >= 15 is 0 Å². The molecule has 0 N–H and O–H groups in total. The van der Waals surface area contributed by atoms with E-state index in [2.05, 4.69) is 324 Å². The highest BCUT2D eigenvalue weighted by Gasteiger charge is 2.20. The van der Waals surface area contributed by atoms with Crippen LogP contribution in [0.1, 0.15) is 0 Å². The van der Waals surface area contributed by atoms with Crippen LogP contribution in [-0.2, 0) is 0 Å². The van der Waals surface area contributed by atoms with E-state index in [4.69, 9.17) is 0 Å².